The van der Waals surface area contributed by atoms with E-state index in [2.05, 4.69) is 42.2 Å². The maximum atomic E-state index is 9.48. The maximum Gasteiger partial charge on any atom is 0.116 e. The lowest BCUT2D eigenvalue weighted by molar-refractivity contribution is 0.476. The smallest absolute Gasteiger partial charge is 0.116 e. The number of fused-ring (bicyclic) bond motifs is 1. The Morgan fingerprint density at radius 1 is 1.06 bits per heavy atom. The first-order chi connectivity index (χ1) is 8.76. The summed E-state index contributed by atoms with van der Waals surface area (Å²) in [5.74, 6) is 0.301. The van der Waals surface area contributed by atoms with Gasteiger partial charge >= 0.3 is 0 Å². The van der Waals surface area contributed by atoms with E-state index >= 15 is 0 Å². The first kappa shape index (κ1) is 10.9. The van der Waals surface area contributed by atoms with Crippen molar-refractivity contribution < 1.29 is 5.11 Å². The largest absolute Gasteiger partial charge is 0.508 e. The van der Waals surface area contributed by atoms with Gasteiger partial charge in [0.25, 0.3) is 0 Å². The summed E-state index contributed by atoms with van der Waals surface area (Å²) in [6.07, 6.45) is 1.04. The molecule has 0 amide bonds. The average Bonchev–Trinajstić information content (AvgIpc) is 2.81. The Balaban J connectivity index is 2.13. The Morgan fingerprint density at radius 3 is 2.78 bits per heavy atom. The highest BCUT2D eigenvalue weighted by Gasteiger charge is 2.04. The lowest BCUT2D eigenvalue weighted by Gasteiger charge is -2.00. The summed E-state index contributed by atoms with van der Waals surface area (Å²) in [6, 6.07) is 16.0. The number of aromatic hydroxyl groups is 1. The number of aryl methyl sites for hydroxylation is 1. The van der Waals surface area contributed by atoms with Gasteiger partial charge in [0.2, 0.25) is 0 Å². The van der Waals surface area contributed by atoms with Crippen LogP contribution in [0.2, 0.25) is 0 Å². The van der Waals surface area contributed by atoms with Crippen molar-refractivity contribution >= 4 is 10.9 Å². The number of phenolic OH excluding ortho intramolecular Hbond substituents is 1. The number of hydrogen-bond acceptors (Lipinski definition) is 1. The molecule has 0 aliphatic heterocycles. The standard InChI is InChI=1S/C16H15NO/c1-2-11-4-3-5-12(8-11)16-10-13-9-14(18)6-7-15(13)17-16/h3-10,17-18H,2H2,1H3. The van der Waals surface area contributed by atoms with E-state index in [-0.39, 0.29) is 0 Å². The Bertz CT molecular complexity index is 697. The summed E-state index contributed by atoms with van der Waals surface area (Å²) in [6.45, 7) is 2.16. The van der Waals surface area contributed by atoms with Crippen molar-refractivity contribution in [3.63, 3.8) is 0 Å². The van der Waals surface area contributed by atoms with Gasteiger partial charge in [-0.3, -0.25) is 0 Å². The van der Waals surface area contributed by atoms with Gasteiger partial charge in [-0.25, -0.2) is 0 Å². The van der Waals surface area contributed by atoms with Gasteiger partial charge in [0, 0.05) is 16.6 Å². The second kappa shape index (κ2) is 4.22. The predicted molar refractivity (Wildman–Crippen MR) is 74.8 cm³/mol. The van der Waals surface area contributed by atoms with E-state index in [0.29, 0.717) is 5.75 Å². The van der Waals surface area contributed by atoms with Crippen LogP contribution >= 0.6 is 0 Å². The number of hydrogen-bond donors (Lipinski definition) is 2. The number of aromatic amines is 1. The molecule has 0 aliphatic carbocycles. The highest BCUT2D eigenvalue weighted by Crippen LogP contribution is 2.27. The number of benzene rings is 2. The molecule has 0 fully saturated rings. The van der Waals surface area contributed by atoms with Gasteiger partial charge in [0.15, 0.2) is 0 Å². The number of aromatic nitrogens is 1. The molecular formula is C16H15NO. The van der Waals surface area contributed by atoms with Gasteiger partial charge in [-0.1, -0.05) is 25.1 Å². The van der Waals surface area contributed by atoms with Gasteiger partial charge in [-0.05, 0) is 47.9 Å². The zero-order valence-corrected chi connectivity index (χ0v) is 10.3. The van der Waals surface area contributed by atoms with E-state index in [0.717, 1.165) is 23.0 Å². The normalized spacial score (nSPS) is 10.9. The van der Waals surface area contributed by atoms with Gasteiger partial charge in [0.05, 0.1) is 0 Å². The number of rotatable bonds is 2. The van der Waals surface area contributed by atoms with Crippen LogP contribution in [-0.4, -0.2) is 10.1 Å². The van der Waals surface area contributed by atoms with Crippen molar-refractivity contribution in [2.45, 2.75) is 13.3 Å². The van der Waals surface area contributed by atoms with E-state index in [1.165, 1.54) is 11.1 Å². The van der Waals surface area contributed by atoms with Crippen molar-refractivity contribution in [1.82, 2.24) is 4.98 Å². The molecule has 1 aromatic heterocycles. The molecule has 2 heteroatoms. The fourth-order valence-corrected chi connectivity index (χ4v) is 2.23. The molecular weight excluding hydrogens is 222 g/mol. The lowest BCUT2D eigenvalue weighted by atomic mass is 10.1. The topological polar surface area (TPSA) is 36.0 Å². The Kier molecular flexibility index (Phi) is 2.56. The summed E-state index contributed by atoms with van der Waals surface area (Å²) in [7, 11) is 0. The number of nitrogens with one attached hydrogen (secondary N) is 1. The minimum absolute atomic E-state index is 0.301. The number of H-pyrrole nitrogens is 1. The summed E-state index contributed by atoms with van der Waals surface area (Å²) in [5.41, 5.74) is 4.65. The van der Waals surface area contributed by atoms with Crippen molar-refractivity contribution in [2.75, 3.05) is 0 Å². The average molecular weight is 237 g/mol. The molecule has 0 spiro atoms. The third-order valence-electron chi connectivity index (χ3n) is 3.25. The third kappa shape index (κ3) is 1.86. The van der Waals surface area contributed by atoms with Gasteiger partial charge in [0.1, 0.15) is 5.75 Å². The molecule has 1 heterocycles. The van der Waals surface area contributed by atoms with Crippen LogP contribution in [0, 0.1) is 0 Å². The number of phenols is 1. The minimum Gasteiger partial charge on any atom is -0.508 e. The van der Waals surface area contributed by atoms with Crippen molar-refractivity contribution in [3.05, 3.63) is 54.1 Å². The van der Waals surface area contributed by atoms with Gasteiger partial charge < -0.3 is 10.1 Å². The van der Waals surface area contributed by atoms with Crippen LogP contribution in [0.4, 0.5) is 0 Å². The summed E-state index contributed by atoms with van der Waals surface area (Å²) in [4.78, 5) is 3.38. The molecule has 3 aromatic rings. The highest BCUT2D eigenvalue weighted by molar-refractivity contribution is 5.86. The molecule has 90 valence electrons. The van der Waals surface area contributed by atoms with Crippen molar-refractivity contribution in [2.24, 2.45) is 0 Å². The van der Waals surface area contributed by atoms with E-state index < -0.39 is 0 Å². The SMILES string of the molecule is CCc1cccc(-c2cc3cc(O)ccc3[nH]2)c1. The molecule has 0 atom stereocenters. The Labute approximate surface area is 106 Å². The minimum atomic E-state index is 0.301. The molecule has 2 N–H and O–H groups in total. The van der Waals surface area contributed by atoms with Crippen LogP contribution in [0.25, 0.3) is 22.2 Å². The Morgan fingerprint density at radius 2 is 1.94 bits per heavy atom. The third-order valence-corrected chi connectivity index (χ3v) is 3.25. The van der Waals surface area contributed by atoms with E-state index in [1.54, 1.807) is 12.1 Å². The first-order valence-corrected chi connectivity index (χ1v) is 6.17. The summed E-state index contributed by atoms with van der Waals surface area (Å²) < 4.78 is 0. The molecule has 0 unspecified atom stereocenters. The zero-order valence-electron chi connectivity index (χ0n) is 10.3. The predicted octanol–water partition coefficient (Wildman–Crippen LogP) is 4.10. The molecule has 0 bridgehead atoms. The van der Waals surface area contributed by atoms with Gasteiger partial charge in [-0.15, -0.1) is 0 Å². The van der Waals surface area contributed by atoms with Gasteiger partial charge in [-0.2, -0.15) is 0 Å². The molecule has 0 aliphatic rings. The second-order valence-corrected chi connectivity index (χ2v) is 4.51. The van der Waals surface area contributed by atoms with Crippen LogP contribution in [0.15, 0.2) is 48.5 Å². The van der Waals surface area contributed by atoms with Crippen LogP contribution in [0.1, 0.15) is 12.5 Å². The Hall–Kier alpha value is -2.22. The van der Waals surface area contributed by atoms with Crippen LogP contribution in [-0.2, 0) is 6.42 Å². The molecule has 3 rings (SSSR count). The molecule has 18 heavy (non-hydrogen) atoms. The van der Waals surface area contributed by atoms with E-state index in [4.69, 9.17) is 0 Å². The second-order valence-electron chi connectivity index (χ2n) is 4.51. The molecule has 2 aromatic carbocycles. The molecule has 0 saturated carbocycles. The van der Waals surface area contributed by atoms with Crippen LogP contribution in [0.3, 0.4) is 0 Å². The fourth-order valence-electron chi connectivity index (χ4n) is 2.23. The molecule has 0 saturated heterocycles. The van der Waals surface area contributed by atoms with Crippen LogP contribution < -0.4 is 0 Å². The quantitative estimate of drug-likeness (QED) is 0.691. The molecule has 2 nitrogen and oxygen atoms in total. The summed E-state index contributed by atoms with van der Waals surface area (Å²) >= 11 is 0. The van der Waals surface area contributed by atoms with Crippen molar-refractivity contribution in [1.29, 1.82) is 0 Å². The monoisotopic (exact) mass is 237 g/mol. The van der Waals surface area contributed by atoms with Crippen molar-refractivity contribution in [3.8, 4) is 17.0 Å². The van der Waals surface area contributed by atoms with Crippen LogP contribution in [0.5, 0.6) is 5.75 Å². The van der Waals surface area contributed by atoms with E-state index in [9.17, 15) is 5.11 Å². The lowest BCUT2D eigenvalue weighted by Crippen LogP contribution is -1.82. The zero-order chi connectivity index (χ0) is 12.5. The highest BCUT2D eigenvalue weighted by atomic mass is 16.3. The first-order valence-electron chi connectivity index (χ1n) is 6.17. The fraction of sp³-hybridized carbons (Fsp3) is 0.125. The molecule has 0 radical (unpaired) electrons. The summed E-state index contributed by atoms with van der Waals surface area (Å²) in [5, 5.41) is 10.5. The van der Waals surface area contributed by atoms with E-state index in [1.807, 2.05) is 6.07 Å². The maximum absolute atomic E-state index is 9.48.